The number of benzene rings is 1. The molecule has 1 heterocycles. The van der Waals surface area contributed by atoms with Crippen molar-refractivity contribution < 1.29 is 18.3 Å². The van der Waals surface area contributed by atoms with Gasteiger partial charge in [0.2, 0.25) is 9.47 Å². The number of hydrogen-bond acceptors (Lipinski definition) is 7. The van der Waals surface area contributed by atoms with E-state index in [0.29, 0.717) is 18.4 Å². The molecule has 0 spiro atoms. The molecule has 1 aromatic carbocycles. The van der Waals surface area contributed by atoms with Crippen molar-refractivity contribution in [3.63, 3.8) is 0 Å². The van der Waals surface area contributed by atoms with Crippen LogP contribution in [0, 0.1) is 6.92 Å². The van der Waals surface area contributed by atoms with Crippen molar-refractivity contribution in [2.24, 2.45) is 0 Å². The molecule has 0 radical (unpaired) electrons. The second-order valence-electron chi connectivity index (χ2n) is 6.63. The molecule has 1 aliphatic rings. The second kappa shape index (κ2) is 8.01. The van der Waals surface area contributed by atoms with E-state index in [1.165, 1.54) is 11.4 Å². The Morgan fingerprint density at radius 3 is 2.56 bits per heavy atom. The molecular weight excluding hydrogens is 388 g/mol. The highest BCUT2D eigenvalue weighted by Crippen LogP contribution is 2.29. The number of anilines is 1. The smallest absolute Gasteiger partial charge is 0.272 e. The molecular formula is C17H22N4O4S2. The zero-order valence-corrected chi connectivity index (χ0v) is 16.8. The summed E-state index contributed by atoms with van der Waals surface area (Å²) in [5.74, 6) is -0.383. The maximum absolute atomic E-state index is 12.8. The fourth-order valence-electron chi connectivity index (χ4n) is 3.06. The van der Waals surface area contributed by atoms with Crippen molar-refractivity contribution in [2.75, 3.05) is 12.4 Å². The number of rotatable bonds is 5. The summed E-state index contributed by atoms with van der Waals surface area (Å²) in [4.78, 5) is 12.2. The van der Waals surface area contributed by atoms with E-state index in [-0.39, 0.29) is 15.4 Å². The molecule has 27 heavy (non-hydrogen) atoms. The van der Waals surface area contributed by atoms with Gasteiger partial charge in [0.1, 0.15) is 0 Å². The minimum Gasteiger partial charge on any atom is -0.391 e. The number of amides is 1. The normalized spacial score (nSPS) is 20.6. The van der Waals surface area contributed by atoms with Crippen molar-refractivity contribution in [3.8, 4) is 0 Å². The summed E-state index contributed by atoms with van der Waals surface area (Å²) in [6.45, 7) is 1.92. The van der Waals surface area contributed by atoms with Gasteiger partial charge in [-0.3, -0.25) is 10.1 Å². The highest BCUT2D eigenvalue weighted by molar-refractivity contribution is 7.91. The van der Waals surface area contributed by atoms with Crippen LogP contribution in [0.4, 0.5) is 5.13 Å². The molecule has 0 aliphatic heterocycles. The van der Waals surface area contributed by atoms with Gasteiger partial charge in [-0.15, -0.1) is 10.2 Å². The molecule has 2 atom stereocenters. The fourth-order valence-corrected chi connectivity index (χ4v) is 5.53. The van der Waals surface area contributed by atoms with Crippen molar-refractivity contribution in [2.45, 2.75) is 49.1 Å². The SMILES string of the molecule is Cc1ccc(C(=O)Nc2nnc(S(=O)(=O)N(C)[C@@H]3CCCC[C@H]3O)s2)cc1. The highest BCUT2D eigenvalue weighted by atomic mass is 32.2. The van der Waals surface area contributed by atoms with Crippen molar-refractivity contribution in [1.82, 2.24) is 14.5 Å². The van der Waals surface area contributed by atoms with Crippen LogP contribution in [-0.4, -0.2) is 53.1 Å². The first-order chi connectivity index (χ1) is 12.8. The molecule has 3 rings (SSSR count). The minimum absolute atomic E-state index is 0.108. The number of nitrogens with one attached hydrogen (secondary N) is 1. The Morgan fingerprint density at radius 1 is 1.22 bits per heavy atom. The van der Waals surface area contributed by atoms with E-state index in [0.717, 1.165) is 29.7 Å². The third-order valence-electron chi connectivity index (χ3n) is 4.70. The van der Waals surface area contributed by atoms with E-state index < -0.39 is 22.2 Å². The van der Waals surface area contributed by atoms with Crippen molar-refractivity contribution in [3.05, 3.63) is 35.4 Å². The van der Waals surface area contributed by atoms with Gasteiger partial charge < -0.3 is 5.11 Å². The van der Waals surface area contributed by atoms with Crippen LogP contribution in [-0.2, 0) is 10.0 Å². The maximum atomic E-state index is 12.8. The van der Waals surface area contributed by atoms with Gasteiger partial charge in [-0.2, -0.15) is 4.31 Å². The van der Waals surface area contributed by atoms with Gasteiger partial charge in [-0.1, -0.05) is 41.9 Å². The Labute approximate surface area is 162 Å². The van der Waals surface area contributed by atoms with E-state index in [9.17, 15) is 18.3 Å². The van der Waals surface area contributed by atoms with Crippen LogP contribution in [0.15, 0.2) is 28.6 Å². The van der Waals surface area contributed by atoms with Crippen LogP contribution in [0.25, 0.3) is 0 Å². The van der Waals surface area contributed by atoms with Crippen LogP contribution in [0.2, 0.25) is 0 Å². The first-order valence-electron chi connectivity index (χ1n) is 8.66. The predicted molar refractivity (Wildman–Crippen MR) is 102 cm³/mol. The zero-order chi connectivity index (χ0) is 19.6. The van der Waals surface area contributed by atoms with Gasteiger partial charge in [-0.05, 0) is 31.9 Å². The Hall–Kier alpha value is -1.88. The molecule has 2 N–H and O–H groups in total. The number of aliphatic hydroxyl groups is 1. The number of sulfonamides is 1. The topological polar surface area (TPSA) is 112 Å². The van der Waals surface area contributed by atoms with Crippen LogP contribution in [0.5, 0.6) is 0 Å². The summed E-state index contributed by atoms with van der Waals surface area (Å²) in [7, 11) is -2.44. The third-order valence-corrected chi connectivity index (χ3v) is 7.77. The Morgan fingerprint density at radius 2 is 1.89 bits per heavy atom. The summed E-state index contributed by atoms with van der Waals surface area (Å²) in [5.41, 5.74) is 1.48. The van der Waals surface area contributed by atoms with Gasteiger partial charge in [-0.25, -0.2) is 8.42 Å². The van der Waals surface area contributed by atoms with Crippen LogP contribution >= 0.6 is 11.3 Å². The number of nitrogens with zero attached hydrogens (tertiary/aromatic N) is 3. The van der Waals surface area contributed by atoms with Crippen LogP contribution in [0.1, 0.15) is 41.6 Å². The molecule has 1 amide bonds. The first-order valence-corrected chi connectivity index (χ1v) is 10.9. The van der Waals surface area contributed by atoms with Gasteiger partial charge in [0.05, 0.1) is 12.1 Å². The summed E-state index contributed by atoms with van der Waals surface area (Å²) < 4.78 is 26.6. The average molecular weight is 411 g/mol. The number of aromatic nitrogens is 2. The molecule has 1 saturated carbocycles. The van der Waals surface area contributed by atoms with Crippen LogP contribution < -0.4 is 5.32 Å². The van der Waals surface area contributed by atoms with Crippen molar-refractivity contribution in [1.29, 1.82) is 0 Å². The predicted octanol–water partition coefficient (Wildman–Crippen LogP) is 2.02. The molecule has 0 saturated heterocycles. The number of likely N-dealkylation sites (N-methyl/N-ethyl adjacent to an activating group) is 1. The van der Waals surface area contributed by atoms with Gasteiger partial charge in [0, 0.05) is 12.6 Å². The van der Waals surface area contributed by atoms with Crippen molar-refractivity contribution >= 4 is 32.4 Å². The molecule has 1 fully saturated rings. The zero-order valence-electron chi connectivity index (χ0n) is 15.1. The maximum Gasteiger partial charge on any atom is 0.272 e. The number of aryl methyl sites for hydroxylation is 1. The number of carbonyl (C=O) groups is 1. The molecule has 2 aromatic rings. The van der Waals surface area contributed by atoms with Gasteiger partial charge >= 0.3 is 0 Å². The quantitative estimate of drug-likeness (QED) is 0.729. The van der Waals surface area contributed by atoms with E-state index >= 15 is 0 Å². The Kier molecular flexibility index (Phi) is 5.89. The van der Waals surface area contributed by atoms with E-state index in [4.69, 9.17) is 0 Å². The number of carbonyl (C=O) groups excluding carboxylic acids is 1. The minimum atomic E-state index is -3.89. The van der Waals surface area contributed by atoms with E-state index in [1.54, 1.807) is 12.1 Å². The molecule has 8 nitrogen and oxygen atoms in total. The highest BCUT2D eigenvalue weighted by Gasteiger charge is 2.36. The molecule has 1 aliphatic carbocycles. The van der Waals surface area contributed by atoms with E-state index in [1.807, 2.05) is 19.1 Å². The van der Waals surface area contributed by atoms with E-state index in [2.05, 4.69) is 15.5 Å². The lowest BCUT2D eigenvalue weighted by Crippen LogP contribution is -2.46. The summed E-state index contributed by atoms with van der Waals surface area (Å²) in [6, 6.07) is 6.52. The monoisotopic (exact) mass is 410 g/mol. The summed E-state index contributed by atoms with van der Waals surface area (Å²) in [5, 5.41) is 20.3. The standard InChI is InChI=1S/C17H22N4O4S2/c1-11-7-9-12(10-8-11)15(23)18-16-19-20-17(26-16)27(24,25)21(2)13-5-3-4-6-14(13)22/h7-10,13-14,22H,3-6H2,1-2H3,(H,18,19,23)/t13-,14-/m1/s1. The Bertz CT molecular complexity index is 911. The molecule has 0 bridgehead atoms. The third kappa shape index (κ3) is 4.34. The molecule has 1 aromatic heterocycles. The molecule has 10 heteroatoms. The number of aliphatic hydroxyl groups excluding tert-OH is 1. The lowest BCUT2D eigenvalue weighted by molar-refractivity contribution is 0.0638. The second-order valence-corrected chi connectivity index (χ2v) is 9.78. The summed E-state index contributed by atoms with van der Waals surface area (Å²) >= 11 is 0.794. The lowest BCUT2D eigenvalue weighted by atomic mass is 9.93. The largest absolute Gasteiger partial charge is 0.391 e. The Balaban J connectivity index is 1.74. The average Bonchev–Trinajstić information content (AvgIpc) is 3.11. The van der Waals surface area contributed by atoms with Gasteiger partial charge in [0.25, 0.3) is 15.9 Å². The molecule has 0 unspecified atom stereocenters. The first kappa shape index (κ1) is 19.9. The molecule has 146 valence electrons. The lowest BCUT2D eigenvalue weighted by Gasteiger charge is -2.33. The fraction of sp³-hybridized carbons (Fsp3) is 0.471. The van der Waals surface area contributed by atoms with Crippen LogP contribution in [0.3, 0.4) is 0 Å². The number of hydrogen-bond donors (Lipinski definition) is 2. The van der Waals surface area contributed by atoms with Gasteiger partial charge in [0.15, 0.2) is 0 Å². The summed E-state index contributed by atoms with van der Waals surface area (Å²) in [6.07, 6.45) is 2.26.